The number of nitrogens with zero attached hydrogens (tertiary/aromatic N) is 1. The maximum absolute atomic E-state index is 11.7. The van der Waals surface area contributed by atoms with Gasteiger partial charge in [0, 0.05) is 7.05 Å². The van der Waals surface area contributed by atoms with Crippen molar-refractivity contribution in [1.29, 1.82) is 0 Å². The molecule has 1 N–H and O–H groups in total. The van der Waals surface area contributed by atoms with E-state index in [1.807, 2.05) is 13.8 Å². The van der Waals surface area contributed by atoms with Gasteiger partial charge in [0.2, 0.25) is 6.41 Å². The zero-order valence-electron chi connectivity index (χ0n) is 10.5. The zero-order valence-corrected chi connectivity index (χ0v) is 10.5. The van der Waals surface area contributed by atoms with Gasteiger partial charge in [-0.05, 0) is 19.3 Å². The summed E-state index contributed by atoms with van der Waals surface area (Å²) in [5, 5.41) is 8.63. The van der Waals surface area contributed by atoms with E-state index >= 15 is 0 Å². The number of hydrogen-bond donors (Lipinski definition) is 1. The fourth-order valence-electron chi connectivity index (χ4n) is 1.25. The predicted octanol–water partition coefficient (Wildman–Crippen LogP) is 0.506. The van der Waals surface area contributed by atoms with Crippen molar-refractivity contribution in [2.24, 2.45) is 5.92 Å². The summed E-state index contributed by atoms with van der Waals surface area (Å²) >= 11 is 0. The van der Waals surface area contributed by atoms with Crippen LogP contribution in [0.5, 0.6) is 0 Å². The number of aliphatic carboxylic acids is 1. The molecule has 0 aliphatic rings. The quantitative estimate of drug-likeness (QED) is 0.521. The third-order valence-corrected chi connectivity index (χ3v) is 2.27. The molecule has 0 aliphatic heterocycles. The molecule has 6 heteroatoms. The minimum atomic E-state index is -1.21. The highest BCUT2D eigenvalue weighted by atomic mass is 16.6. The lowest BCUT2D eigenvalue weighted by Crippen LogP contribution is -2.42. The number of carboxylic acid groups (broad SMARTS) is 1. The molecule has 0 rings (SSSR count). The molecule has 0 radical (unpaired) electrons. The Hall–Kier alpha value is -1.59. The summed E-state index contributed by atoms with van der Waals surface area (Å²) in [7, 11) is 1.47. The highest BCUT2D eigenvalue weighted by Gasteiger charge is 2.28. The van der Waals surface area contributed by atoms with E-state index in [1.165, 1.54) is 18.9 Å². The van der Waals surface area contributed by atoms with Crippen molar-refractivity contribution in [3.63, 3.8) is 0 Å². The number of carbonyl (C=O) groups is 3. The minimum Gasteiger partial charge on any atom is -0.479 e. The Labute approximate surface area is 101 Å². The van der Waals surface area contributed by atoms with E-state index in [1.54, 1.807) is 0 Å². The van der Waals surface area contributed by atoms with Crippen LogP contribution in [0.1, 0.15) is 27.2 Å². The fraction of sp³-hybridized carbons (Fsp3) is 0.727. The number of amides is 1. The van der Waals surface area contributed by atoms with E-state index < -0.39 is 24.1 Å². The molecule has 0 bridgehead atoms. The number of esters is 1. The number of ether oxygens (including phenoxy) is 1. The first-order chi connectivity index (χ1) is 7.79. The highest BCUT2D eigenvalue weighted by molar-refractivity contribution is 5.82. The molecule has 0 aromatic rings. The summed E-state index contributed by atoms with van der Waals surface area (Å²) in [5.41, 5.74) is 0. The average molecular weight is 245 g/mol. The predicted molar refractivity (Wildman–Crippen MR) is 60.3 cm³/mol. The van der Waals surface area contributed by atoms with Crippen molar-refractivity contribution in [3.05, 3.63) is 0 Å². The lowest BCUT2D eigenvalue weighted by molar-refractivity contribution is -0.167. The van der Waals surface area contributed by atoms with Gasteiger partial charge in [0.1, 0.15) is 6.04 Å². The summed E-state index contributed by atoms with van der Waals surface area (Å²) in [6.45, 7) is 5.08. The fourth-order valence-corrected chi connectivity index (χ4v) is 1.25. The number of likely N-dealkylation sites (N-methyl/N-ethyl adjacent to an activating group) is 1. The van der Waals surface area contributed by atoms with Crippen LogP contribution < -0.4 is 0 Å². The summed E-state index contributed by atoms with van der Waals surface area (Å²) in [6, 6.07) is -0.741. The van der Waals surface area contributed by atoms with Gasteiger partial charge in [0.15, 0.2) is 6.10 Å². The van der Waals surface area contributed by atoms with Crippen LogP contribution in [0.25, 0.3) is 0 Å². The van der Waals surface area contributed by atoms with Crippen LogP contribution in [0.3, 0.4) is 0 Å². The molecule has 0 spiro atoms. The second kappa shape index (κ2) is 6.88. The zero-order chi connectivity index (χ0) is 13.6. The summed E-state index contributed by atoms with van der Waals surface area (Å²) < 4.78 is 4.76. The molecular weight excluding hydrogens is 226 g/mol. The lowest BCUT2D eigenvalue weighted by atomic mass is 10.0. The molecule has 1 amide bonds. The van der Waals surface area contributed by atoms with Gasteiger partial charge >= 0.3 is 11.9 Å². The monoisotopic (exact) mass is 245 g/mol. The molecule has 0 saturated heterocycles. The third-order valence-electron chi connectivity index (χ3n) is 2.27. The minimum absolute atomic E-state index is 0.190. The van der Waals surface area contributed by atoms with Crippen molar-refractivity contribution >= 4 is 18.3 Å². The van der Waals surface area contributed by atoms with E-state index in [4.69, 9.17) is 9.84 Å². The van der Waals surface area contributed by atoms with Gasteiger partial charge in [-0.1, -0.05) is 13.8 Å². The lowest BCUT2D eigenvalue weighted by Gasteiger charge is -2.25. The summed E-state index contributed by atoms with van der Waals surface area (Å²) in [5.74, 6) is -1.71. The summed E-state index contributed by atoms with van der Waals surface area (Å²) in [6.07, 6.45) is -0.252. The Morgan fingerprint density at radius 1 is 1.35 bits per heavy atom. The molecule has 0 aromatic carbocycles. The second-order valence-electron chi connectivity index (χ2n) is 4.33. The van der Waals surface area contributed by atoms with Gasteiger partial charge in [-0.15, -0.1) is 0 Å². The van der Waals surface area contributed by atoms with Gasteiger partial charge in [0.25, 0.3) is 0 Å². The second-order valence-corrected chi connectivity index (χ2v) is 4.33. The van der Waals surface area contributed by atoms with Gasteiger partial charge in [-0.3, -0.25) is 4.79 Å². The Kier molecular flexibility index (Phi) is 6.23. The number of carboxylic acids is 1. The number of carbonyl (C=O) groups excluding carboxylic acids is 2. The van der Waals surface area contributed by atoms with E-state index in [2.05, 4.69) is 0 Å². The van der Waals surface area contributed by atoms with Crippen LogP contribution in [-0.4, -0.2) is 47.5 Å². The van der Waals surface area contributed by atoms with Gasteiger partial charge < -0.3 is 14.7 Å². The first kappa shape index (κ1) is 15.4. The van der Waals surface area contributed by atoms with Crippen molar-refractivity contribution in [1.82, 2.24) is 4.90 Å². The topological polar surface area (TPSA) is 83.9 Å². The Morgan fingerprint density at radius 3 is 2.24 bits per heavy atom. The molecule has 2 atom stereocenters. The molecule has 0 aromatic heterocycles. The van der Waals surface area contributed by atoms with Gasteiger partial charge in [-0.25, -0.2) is 9.59 Å². The maximum atomic E-state index is 11.7. The normalized spacial score (nSPS) is 13.9. The van der Waals surface area contributed by atoms with E-state index in [0.29, 0.717) is 12.8 Å². The average Bonchev–Trinajstić information content (AvgIpc) is 2.24. The molecule has 0 saturated carbocycles. The molecule has 0 fully saturated rings. The molecule has 0 heterocycles. The third kappa shape index (κ3) is 5.33. The highest BCUT2D eigenvalue weighted by Crippen LogP contribution is 2.12. The van der Waals surface area contributed by atoms with E-state index in [9.17, 15) is 14.4 Å². The number of hydrogen-bond acceptors (Lipinski definition) is 4. The number of rotatable bonds is 7. The van der Waals surface area contributed by atoms with E-state index in [-0.39, 0.29) is 5.92 Å². The smallest absolute Gasteiger partial charge is 0.344 e. The molecule has 6 nitrogen and oxygen atoms in total. The molecule has 17 heavy (non-hydrogen) atoms. The van der Waals surface area contributed by atoms with Crippen molar-refractivity contribution in [2.45, 2.75) is 39.3 Å². The van der Waals surface area contributed by atoms with Crippen LogP contribution in [-0.2, 0) is 19.1 Å². The van der Waals surface area contributed by atoms with E-state index in [0.717, 1.165) is 0 Å². The first-order valence-electron chi connectivity index (χ1n) is 5.40. The van der Waals surface area contributed by atoms with Gasteiger partial charge in [-0.2, -0.15) is 0 Å². The van der Waals surface area contributed by atoms with Crippen molar-refractivity contribution in [3.8, 4) is 0 Å². The SMILES string of the molecule is CC(C)C[C@@H](C(=O)O[C@H](C)C(=O)O)N(C)C=O. The van der Waals surface area contributed by atoms with Crippen molar-refractivity contribution < 1.29 is 24.2 Å². The molecular formula is C11H19NO5. The summed E-state index contributed by atoms with van der Waals surface area (Å²) in [4.78, 5) is 34.1. The maximum Gasteiger partial charge on any atom is 0.344 e. The van der Waals surface area contributed by atoms with Crippen LogP contribution in [0, 0.1) is 5.92 Å². The molecule has 98 valence electrons. The molecule has 0 aliphatic carbocycles. The van der Waals surface area contributed by atoms with Gasteiger partial charge in [0.05, 0.1) is 0 Å². The van der Waals surface area contributed by atoms with Crippen LogP contribution in [0.15, 0.2) is 0 Å². The Balaban J connectivity index is 4.63. The van der Waals surface area contributed by atoms with Crippen molar-refractivity contribution in [2.75, 3.05) is 7.05 Å². The first-order valence-corrected chi connectivity index (χ1v) is 5.40. The van der Waals surface area contributed by atoms with Crippen LogP contribution in [0.4, 0.5) is 0 Å². The standard InChI is InChI=1S/C11H19NO5/c1-7(2)5-9(12(4)6-13)11(16)17-8(3)10(14)15/h6-9H,5H2,1-4H3,(H,14,15)/t8-,9+/m1/s1. The van der Waals surface area contributed by atoms with Crippen LogP contribution in [0.2, 0.25) is 0 Å². The Morgan fingerprint density at radius 2 is 1.88 bits per heavy atom. The largest absolute Gasteiger partial charge is 0.479 e. The molecule has 0 unspecified atom stereocenters. The van der Waals surface area contributed by atoms with Crippen LogP contribution >= 0.6 is 0 Å². The Bertz CT molecular complexity index is 290.